The van der Waals surface area contributed by atoms with Gasteiger partial charge in [-0.1, -0.05) is 55.5 Å². The lowest BCUT2D eigenvalue weighted by Crippen LogP contribution is -2.36. The van der Waals surface area contributed by atoms with Crippen LogP contribution in [0.15, 0.2) is 48.7 Å². The highest BCUT2D eigenvalue weighted by Crippen LogP contribution is 2.34. The fourth-order valence-electron chi connectivity index (χ4n) is 2.78. The van der Waals surface area contributed by atoms with E-state index in [1.165, 1.54) is 11.3 Å². The molecule has 5 nitrogen and oxygen atoms in total. The van der Waals surface area contributed by atoms with Gasteiger partial charge in [0.25, 0.3) is 5.91 Å². The van der Waals surface area contributed by atoms with Gasteiger partial charge in [-0.05, 0) is 23.1 Å². The first-order valence-electron chi connectivity index (χ1n) is 8.17. The van der Waals surface area contributed by atoms with E-state index in [4.69, 9.17) is 0 Å². The Morgan fingerprint density at radius 2 is 2.00 bits per heavy atom. The van der Waals surface area contributed by atoms with Gasteiger partial charge in [-0.3, -0.25) is 4.79 Å². The van der Waals surface area contributed by atoms with Crippen molar-refractivity contribution in [2.24, 2.45) is 5.41 Å². The topological polar surface area (TPSA) is 75.1 Å². The Labute approximate surface area is 150 Å². The van der Waals surface area contributed by atoms with E-state index >= 15 is 0 Å². The second-order valence-electron chi connectivity index (χ2n) is 6.67. The second-order valence-corrected chi connectivity index (χ2v) is 7.64. The van der Waals surface area contributed by atoms with Crippen molar-refractivity contribution >= 4 is 27.6 Å². The van der Waals surface area contributed by atoms with Gasteiger partial charge in [0, 0.05) is 25.3 Å². The van der Waals surface area contributed by atoms with E-state index in [0.29, 0.717) is 11.6 Å². The molecule has 2 aromatic heterocycles. The van der Waals surface area contributed by atoms with E-state index in [9.17, 15) is 9.90 Å². The van der Waals surface area contributed by atoms with Gasteiger partial charge in [0.15, 0.2) is 5.01 Å². The fraction of sp³-hybridized carbons (Fsp3) is 0.316. The van der Waals surface area contributed by atoms with Gasteiger partial charge in [0.1, 0.15) is 10.3 Å². The smallest absolute Gasteiger partial charge is 0.280 e. The quantitative estimate of drug-likeness (QED) is 0.712. The molecule has 6 heteroatoms. The molecule has 1 amide bonds. The lowest BCUT2D eigenvalue weighted by molar-refractivity contribution is 0.0920. The zero-order valence-electron chi connectivity index (χ0n) is 14.3. The number of fused-ring (bicyclic) bond motifs is 1. The highest BCUT2D eigenvalue weighted by atomic mass is 32.1. The van der Waals surface area contributed by atoms with Crippen molar-refractivity contribution in [2.45, 2.75) is 19.8 Å². The van der Waals surface area contributed by atoms with Gasteiger partial charge in [0.2, 0.25) is 0 Å². The highest BCUT2D eigenvalue weighted by molar-refractivity contribution is 7.19. The zero-order valence-corrected chi connectivity index (χ0v) is 15.1. The molecule has 0 aliphatic heterocycles. The molecule has 130 valence electrons. The van der Waals surface area contributed by atoms with Crippen molar-refractivity contribution in [3.05, 3.63) is 59.2 Å². The van der Waals surface area contributed by atoms with Crippen LogP contribution in [0.25, 0.3) is 10.3 Å². The van der Waals surface area contributed by atoms with Gasteiger partial charge in [-0.15, -0.1) is 0 Å². The van der Waals surface area contributed by atoms with Crippen LogP contribution in [-0.4, -0.2) is 34.1 Å². The van der Waals surface area contributed by atoms with Crippen LogP contribution in [0.5, 0.6) is 0 Å². The molecule has 1 atom stereocenters. The van der Waals surface area contributed by atoms with Gasteiger partial charge < -0.3 is 10.4 Å². The summed E-state index contributed by atoms with van der Waals surface area (Å²) in [7, 11) is 0. The predicted octanol–water partition coefficient (Wildman–Crippen LogP) is 3.22. The summed E-state index contributed by atoms with van der Waals surface area (Å²) in [6.45, 7) is 4.46. The average Bonchev–Trinajstić information content (AvgIpc) is 3.07. The van der Waals surface area contributed by atoms with E-state index in [0.717, 1.165) is 15.9 Å². The molecule has 2 heterocycles. The third kappa shape index (κ3) is 3.86. The number of aromatic nitrogens is 2. The Morgan fingerprint density at radius 3 is 2.68 bits per heavy atom. The van der Waals surface area contributed by atoms with Gasteiger partial charge in [-0.25, -0.2) is 9.97 Å². The summed E-state index contributed by atoms with van der Waals surface area (Å²) in [5.74, 6) is -0.215. The van der Waals surface area contributed by atoms with Crippen molar-refractivity contribution in [3.63, 3.8) is 0 Å². The number of benzene rings is 1. The maximum atomic E-state index is 12.5. The van der Waals surface area contributed by atoms with Crippen LogP contribution in [0.1, 0.15) is 35.1 Å². The van der Waals surface area contributed by atoms with Crippen molar-refractivity contribution in [1.29, 1.82) is 0 Å². The average molecular weight is 355 g/mol. The van der Waals surface area contributed by atoms with Crippen LogP contribution in [-0.2, 0) is 0 Å². The van der Waals surface area contributed by atoms with Gasteiger partial charge >= 0.3 is 0 Å². The lowest BCUT2D eigenvalue weighted by Gasteiger charge is -2.33. The van der Waals surface area contributed by atoms with Crippen LogP contribution in [0.4, 0.5) is 0 Å². The van der Waals surface area contributed by atoms with Gasteiger partial charge in [0.05, 0.1) is 0 Å². The summed E-state index contributed by atoms with van der Waals surface area (Å²) in [5, 5.41) is 13.1. The molecule has 3 rings (SSSR count). The summed E-state index contributed by atoms with van der Waals surface area (Å²) in [6, 6.07) is 13.6. The van der Waals surface area contributed by atoms with E-state index in [2.05, 4.69) is 15.3 Å². The molecule has 0 radical (unpaired) electrons. The number of carbonyl (C=O) groups excluding carboxylic acids is 1. The minimum atomic E-state index is -0.357. The molecule has 0 saturated heterocycles. The Kier molecular flexibility index (Phi) is 5.11. The minimum Gasteiger partial charge on any atom is -0.396 e. The maximum Gasteiger partial charge on any atom is 0.280 e. The number of rotatable bonds is 6. The molecule has 0 saturated carbocycles. The zero-order chi connectivity index (χ0) is 17.9. The molecule has 1 unspecified atom stereocenters. The monoisotopic (exact) mass is 355 g/mol. The van der Waals surface area contributed by atoms with Crippen molar-refractivity contribution in [3.8, 4) is 0 Å². The van der Waals surface area contributed by atoms with Crippen LogP contribution in [0, 0.1) is 5.41 Å². The van der Waals surface area contributed by atoms with Crippen LogP contribution in [0.3, 0.4) is 0 Å². The lowest BCUT2D eigenvalue weighted by atomic mass is 9.75. The number of aliphatic hydroxyl groups excluding tert-OH is 1. The van der Waals surface area contributed by atoms with Crippen LogP contribution in [0.2, 0.25) is 0 Å². The standard InChI is InChI=1S/C19H21N3O2S/c1-19(2,12-23)14(13-7-4-3-5-8-13)11-21-16(24)18-22-15-9-6-10-20-17(15)25-18/h3-10,14,23H,11-12H2,1-2H3,(H,21,24). The number of hydrogen-bond donors (Lipinski definition) is 2. The predicted molar refractivity (Wildman–Crippen MR) is 99.8 cm³/mol. The molecule has 0 aliphatic carbocycles. The van der Waals surface area contributed by atoms with E-state index in [-0.39, 0.29) is 23.8 Å². The third-order valence-electron chi connectivity index (χ3n) is 4.38. The molecular formula is C19H21N3O2S. The summed E-state index contributed by atoms with van der Waals surface area (Å²) in [6.07, 6.45) is 1.69. The molecule has 25 heavy (non-hydrogen) atoms. The number of amides is 1. The number of thiazole rings is 1. The molecule has 0 fully saturated rings. The first kappa shape index (κ1) is 17.5. The summed E-state index contributed by atoms with van der Waals surface area (Å²) < 4.78 is 0. The number of nitrogens with one attached hydrogen (secondary N) is 1. The summed E-state index contributed by atoms with van der Waals surface area (Å²) in [5.41, 5.74) is 1.46. The molecule has 1 aromatic carbocycles. The molecule has 0 bridgehead atoms. The molecular weight excluding hydrogens is 334 g/mol. The van der Waals surface area contributed by atoms with Gasteiger partial charge in [-0.2, -0.15) is 0 Å². The largest absolute Gasteiger partial charge is 0.396 e. The Bertz CT molecular complexity index is 828. The minimum absolute atomic E-state index is 0.00449. The SMILES string of the molecule is CC(C)(CO)C(CNC(=O)c1nc2cccnc2s1)c1ccccc1. The van der Waals surface area contributed by atoms with E-state index in [1.807, 2.05) is 50.2 Å². The fourth-order valence-corrected chi connectivity index (χ4v) is 3.60. The Hall–Kier alpha value is -2.31. The normalized spacial score (nSPS) is 12.9. The van der Waals surface area contributed by atoms with E-state index < -0.39 is 0 Å². The first-order chi connectivity index (χ1) is 12.0. The van der Waals surface area contributed by atoms with Crippen LogP contribution >= 0.6 is 11.3 Å². The van der Waals surface area contributed by atoms with Crippen molar-refractivity contribution in [1.82, 2.24) is 15.3 Å². The first-order valence-corrected chi connectivity index (χ1v) is 8.98. The second kappa shape index (κ2) is 7.29. The molecule has 3 aromatic rings. The molecule has 0 aliphatic rings. The molecule has 2 N–H and O–H groups in total. The number of carbonyl (C=O) groups is 1. The Balaban J connectivity index is 1.77. The number of pyridine rings is 1. The summed E-state index contributed by atoms with van der Waals surface area (Å²) in [4.78, 5) is 21.8. The van der Waals surface area contributed by atoms with Crippen molar-refractivity contribution < 1.29 is 9.90 Å². The Morgan fingerprint density at radius 1 is 1.24 bits per heavy atom. The number of aliphatic hydroxyl groups is 1. The third-order valence-corrected chi connectivity index (χ3v) is 5.36. The maximum absolute atomic E-state index is 12.5. The highest BCUT2D eigenvalue weighted by Gasteiger charge is 2.30. The number of nitrogens with zero attached hydrogens (tertiary/aromatic N) is 2. The molecule has 0 spiro atoms. The van der Waals surface area contributed by atoms with Crippen LogP contribution < -0.4 is 5.32 Å². The van der Waals surface area contributed by atoms with Crippen molar-refractivity contribution in [2.75, 3.05) is 13.2 Å². The van der Waals surface area contributed by atoms with E-state index in [1.54, 1.807) is 12.3 Å². The summed E-state index contributed by atoms with van der Waals surface area (Å²) >= 11 is 1.28. The number of hydrogen-bond acceptors (Lipinski definition) is 5.